The first-order chi connectivity index (χ1) is 11.0. The van der Waals surface area contributed by atoms with Crippen molar-refractivity contribution in [1.29, 1.82) is 0 Å². The molecule has 0 aliphatic rings. The van der Waals surface area contributed by atoms with E-state index in [0.29, 0.717) is 18.7 Å². The lowest BCUT2D eigenvalue weighted by atomic mass is 10.1. The van der Waals surface area contributed by atoms with Crippen molar-refractivity contribution in [2.75, 3.05) is 11.9 Å². The molecule has 0 saturated carbocycles. The number of halogens is 1. The van der Waals surface area contributed by atoms with Crippen LogP contribution in [0.5, 0.6) is 5.75 Å². The summed E-state index contributed by atoms with van der Waals surface area (Å²) in [7, 11) is 0. The molecule has 0 aliphatic carbocycles. The molecule has 5 heteroatoms. The molecule has 0 atom stereocenters. The van der Waals surface area contributed by atoms with Gasteiger partial charge in [0.25, 0.3) is 0 Å². The second-order valence-corrected chi connectivity index (χ2v) is 6.10. The fraction of sp³-hybridized carbons (Fsp3) is 0.278. The van der Waals surface area contributed by atoms with Crippen LogP contribution >= 0.6 is 15.9 Å². The van der Waals surface area contributed by atoms with Crippen LogP contribution in [0.4, 0.5) is 5.69 Å². The van der Waals surface area contributed by atoms with E-state index in [0.717, 1.165) is 33.5 Å². The number of aromatic carboxylic acids is 1. The van der Waals surface area contributed by atoms with Crippen molar-refractivity contribution >= 4 is 27.6 Å². The van der Waals surface area contributed by atoms with Crippen LogP contribution < -0.4 is 10.1 Å². The largest absolute Gasteiger partial charge is 0.492 e. The zero-order valence-corrected chi connectivity index (χ0v) is 14.8. The van der Waals surface area contributed by atoms with E-state index in [1.165, 1.54) is 0 Å². The number of carbonyl (C=O) groups is 1. The summed E-state index contributed by atoms with van der Waals surface area (Å²) in [5, 5.41) is 12.5. The lowest BCUT2D eigenvalue weighted by molar-refractivity contribution is 0.0696. The van der Waals surface area contributed by atoms with Crippen molar-refractivity contribution in [2.45, 2.75) is 26.8 Å². The molecule has 122 valence electrons. The molecule has 0 heterocycles. The standard InChI is InChI=1S/C18H20BrNO3/c1-3-9-23-17-8-7-13(10-15(17)19)11-20-16-6-4-5-14(12(16)2)18(21)22/h4-8,10,20H,3,9,11H2,1-2H3,(H,21,22). The van der Waals surface area contributed by atoms with Crippen molar-refractivity contribution in [3.8, 4) is 5.75 Å². The second kappa shape index (κ2) is 8.02. The fourth-order valence-electron chi connectivity index (χ4n) is 2.24. The number of ether oxygens (including phenoxy) is 1. The van der Waals surface area contributed by atoms with Gasteiger partial charge in [0.2, 0.25) is 0 Å². The van der Waals surface area contributed by atoms with Crippen LogP contribution in [0.1, 0.15) is 34.8 Å². The predicted molar refractivity (Wildman–Crippen MR) is 95.4 cm³/mol. The molecule has 2 aromatic rings. The van der Waals surface area contributed by atoms with Crippen molar-refractivity contribution in [3.63, 3.8) is 0 Å². The summed E-state index contributed by atoms with van der Waals surface area (Å²) in [5.41, 5.74) is 2.97. The van der Waals surface area contributed by atoms with E-state index < -0.39 is 5.97 Å². The van der Waals surface area contributed by atoms with Gasteiger partial charge in [-0.05, 0) is 64.7 Å². The number of carboxylic acids is 1. The summed E-state index contributed by atoms with van der Waals surface area (Å²) < 4.78 is 6.55. The summed E-state index contributed by atoms with van der Waals surface area (Å²) in [5.74, 6) is -0.0778. The van der Waals surface area contributed by atoms with Crippen LogP contribution in [0.3, 0.4) is 0 Å². The lowest BCUT2D eigenvalue weighted by Gasteiger charge is -2.13. The Balaban J connectivity index is 2.08. The number of nitrogens with one attached hydrogen (secondary N) is 1. The minimum absolute atomic E-state index is 0.319. The van der Waals surface area contributed by atoms with Crippen LogP contribution in [0.15, 0.2) is 40.9 Å². The van der Waals surface area contributed by atoms with E-state index in [2.05, 4.69) is 28.2 Å². The predicted octanol–water partition coefficient (Wildman–Crippen LogP) is 4.86. The van der Waals surface area contributed by atoms with Crippen molar-refractivity contribution in [2.24, 2.45) is 0 Å². The molecule has 23 heavy (non-hydrogen) atoms. The van der Waals surface area contributed by atoms with Crippen LogP contribution in [-0.4, -0.2) is 17.7 Å². The Morgan fingerprint density at radius 3 is 2.74 bits per heavy atom. The molecular formula is C18H20BrNO3. The highest BCUT2D eigenvalue weighted by atomic mass is 79.9. The zero-order valence-electron chi connectivity index (χ0n) is 13.2. The summed E-state index contributed by atoms with van der Waals surface area (Å²) in [4.78, 5) is 11.2. The normalized spacial score (nSPS) is 10.4. The third-order valence-electron chi connectivity index (χ3n) is 3.51. The maximum Gasteiger partial charge on any atom is 0.336 e. The van der Waals surface area contributed by atoms with Crippen molar-refractivity contribution in [1.82, 2.24) is 0 Å². The molecule has 0 aromatic heterocycles. The first kappa shape index (κ1) is 17.3. The van der Waals surface area contributed by atoms with Crippen LogP contribution in [-0.2, 0) is 6.54 Å². The molecule has 0 aliphatic heterocycles. The zero-order chi connectivity index (χ0) is 16.8. The minimum atomic E-state index is -0.911. The Bertz CT molecular complexity index is 701. The second-order valence-electron chi connectivity index (χ2n) is 5.25. The quantitative estimate of drug-likeness (QED) is 0.723. The summed E-state index contributed by atoms with van der Waals surface area (Å²) in [6.07, 6.45) is 0.967. The fourth-order valence-corrected chi connectivity index (χ4v) is 2.78. The molecule has 4 nitrogen and oxygen atoms in total. The van der Waals surface area contributed by atoms with Gasteiger partial charge < -0.3 is 15.2 Å². The number of carboxylic acid groups (broad SMARTS) is 1. The monoisotopic (exact) mass is 377 g/mol. The SMILES string of the molecule is CCCOc1ccc(CNc2cccc(C(=O)O)c2C)cc1Br. The Hall–Kier alpha value is -2.01. The third kappa shape index (κ3) is 4.48. The van der Waals surface area contributed by atoms with Crippen LogP contribution in [0.25, 0.3) is 0 Å². The maximum atomic E-state index is 11.2. The Kier molecular flexibility index (Phi) is 6.04. The van der Waals surface area contributed by atoms with Gasteiger partial charge in [0, 0.05) is 12.2 Å². The average molecular weight is 378 g/mol. The van der Waals surface area contributed by atoms with Gasteiger partial charge in [0.15, 0.2) is 0 Å². The highest BCUT2D eigenvalue weighted by Crippen LogP contribution is 2.27. The van der Waals surface area contributed by atoms with E-state index in [1.807, 2.05) is 31.2 Å². The average Bonchev–Trinajstić information content (AvgIpc) is 2.52. The number of hydrogen-bond donors (Lipinski definition) is 2. The minimum Gasteiger partial charge on any atom is -0.492 e. The van der Waals surface area contributed by atoms with Crippen molar-refractivity contribution in [3.05, 3.63) is 57.6 Å². The molecule has 0 saturated heterocycles. The van der Waals surface area contributed by atoms with Gasteiger partial charge in [0.05, 0.1) is 16.6 Å². The number of hydrogen-bond acceptors (Lipinski definition) is 3. The van der Waals surface area contributed by atoms with Gasteiger partial charge in [-0.15, -0.1) is 0 Å². The van der Waals surface area contributed by atoms with Gasteiger partial charge in [-0.3, -0.25) is 0 Å². The van der Waals surface area contributed by atoms with E-state index in [-0.39, 0.29) is 0 Å². The molecule has 2 rings (SSSR count). The number of rotatable bonds is 7. The van der Waals surface area contributed by atoms with E-state index in [4.69, 9.17) is 9.84 Å². The van der Waals surface area contributed by atoms with Crippen LogP contribution in [0, 0.1) is 6.92 Å². The highest BCUT2D eigenvalue weighted by molar-refractivity contribution is 9.10. The molecule has 0 bridgehead atoms. The molecule has 0 spiro atoms. The summed E-state index contributed by atoms with van der Waals surface area (Å²) in [6, 6.07) is 11.2. The highest BCUT2D eigenvalue weighted by Gasteiger charge is 2.10. The first-order valence-electron chi connectivity index (χ1n) is 7.51. The van der Waals surface area contributed by atoms with E-state index >= 15 is 0 Å². The van der Waals surface area contributed by atoms with Crippen molar-refractivity contribution < 1.29 is 14.6 Å². The molecule has 0 unspecified atom stereocenters. The molecule has 2 aromatic carbocycles. The van der Waals surface area contributed by atoms with Gasteiger partial charge in [-0.1, -0.05) is 19.1 Å². The van der Waals surface area contributed by atoms with Gasteiger partial charge >= 0.3 is 5.97 Å². The molecular weight excluding hydrogens is 358 g/mol. The Morgan fingerprint density at radius 2 is 2.09 bits per heavy atom. The van der Waals surface area contributed by atoms with Crippen LogP contribution in [0.2, 0.25) is 0 Å². The smallest absolute Gasteiger partial charge is 0.336 e. The number of anilines is 1. The topological polar surface area (TPSA) is 58.6 Å². The maximum absolute atomic E-state index is 11.2. The molecule has 0 fully saturated rings. The van der Waals surface area contributed by atoms with E-state index in [9.17, 15) is 4.79 Å². The molecule has 0 amide bonds. The summed E-state index contributed by atoms with van der Waals surface area (Å²) in [6.45, 7) is 5.18. The lowest BCUT2D eigenvalue weighted by Crippen LogP contribution is -2.06. The molecule has 0 radical (unpaired) electrons. The Labute approximate surface area is 144 Å². The first-order valence-corrected chi connectivity index (χ1v) is 8.30. The van der Waals surface area contributed by atoms with Gasteiger partial charge in [-0.2, -0.15) is 0 Å². The van der Waals surface area contributed by atoms with E-state index in [1.54, 1.807) is 12.1 Å². The van der Waals surface area contributed by atoms with Gasteiger partial charge in [0.1, 0.15) is 5.75 Å². The Morgan fingerprint density at radius 1 is 1.30 bits per heavy atom. The molecule has 2 N–H and O–H groups in total. The number of benzene rings is 2. The summed E-state index contributed by atoms with van der Waals surface area (Å²) >= 11 is 3.52. The third-order valence-corrected chi connectivity index (χ3v) is 4.12. The van der Waals surface area contributed by atoms with Gasteiger partial charge in [-0.25, -0.2) is 4.79 Å².